The summed E-state index contributed by atoms with van der Waals surface area (Å²) in [4.78, 5) is 2.53. The minimum absolute atomic E-state index is 0. The molecule has 1 aliphatic heterocycles. The largest absolute Gasteiger partial charge is 0.314 e. The number of piperazine rings is 1. The number of benzene rings is 1. The first-order valence-corrected chi connectivity index (χ1v) is 7.01. The van der Waals surface area contributed by atoms with E-state index in [4.69, 9.17) is 0 Å². The number of hydrogen-bond acceptors (Lipinski definition) is 2. The summed E-state index contributed by atoms with van der Waals surface area (Å²) in [6.07, 6.45) is 3.61. The van der Waals surface area contributed by atoms with Crippen LogP contribution in [0.3, 0.4) is 0 Å². The lowest BCUT2D eigenvalue weighted by molar-refractivity contribution is 0.163. The third kappa shape index (κ3) is 5.57. The highest BCUT2D eigenvalue weighted by molar-refractivity contribution is 5.85. The molecule has 5 heteroatoms. The zero-order valence-corrected chi connectivity index (χ0v) is 13.6. The zero-order chi connectivity index (χ0) is 12.8. The van der Waals surface area contributed by atoms with E-state index < -0.39 is 0 Å². The summed E-state index contributed by atoms with van der Waals surface area (Å²) in [5, 5.41) is 3.38. The summed E-state index contributed by atoms with van der Waals surface area (Å²) in [6.45, 7) is 6.52. The van der Waals surface area contributed by atoms with Gasteiger partial charge in [-0.25, -0.2) is 4.39 Å². The maximum Gasteiger partial charge on any atom is 0.123 e. The Kier molecular flexibility index (Phi) is 10.2. The highest BCUT2D eigenvalue weighted by Gasteiger charge is 2.21. The van der Waals surface area contributed by atoms with Gasteiger partial charge in [0, 0.05) is 32.2 Å². The molecule has 1 heterocycles. The molecule has 0 unspecified atom stereocenters. The molecule has 2 rings (SSSR count). The maximum atomic E-state index is 13.0. The van der Waals surface area contributed by atoms with Gasteiger partial charge in [0.1, 0.15) is 5.82 Å². The second-order valence-corrected chi connectivity index (χ2v) is 5.00. The van der Waals surface area contributed by atoms with Crippen LogP contribution in [0, 0.1) is 5.82 Å². The Morgan fingerprint density at radius 1 is 1.15 bits per heavy atom. The lowest BCUT2D eigenvalue weighted by Crippen LogP contribution is -2.45. The van der Waals surface area contributed by atoms with E-state index in [0.29, 0.717) is 6.04 Å². The van der Waals surface area contributed by atoms with Crippen LogP contribution in [0.15, 0.2) is 24.3 Å². The monoisotopic (exact) mass is 322 g/mol. The summed E-state index contributed by atoms with van der Waals surface area (Å²) in [7, 11) is 0. The Hall–Kier alpha value is -0.350. The van der Waals surface area contributed by atoms with Gasteiger partial charge in [-0.05, 0) is 24.1 Å². The van der Waals surface area contributed by atoms with E-state index in [1.165, 1.54) is 24.8 Å². The van der Waals surface area contributed by atoms with Crippen LogP contribution in [0.4, 0.5) is 4.39 Å². The molecule has 20 heavy (non-hydrogen) atoms. The molecule has 1 N–H and O–H groups in total. The predicted molar refractivity (Wildman–Crippen MR) is 87.6 cm³/mol. The van der Waals surface area contributed by atoms with Crippen molar-refractivity contribution in [2.75, 3.05) is 26.2 Å². The molecule has 1 aromatic carbocycles. The molecule has 0 aromatic heterocycles. The lowest BCUT2D eigenvalue weighted by atomic mass is 9.99. The second kappa shape index (κ2) is 10.4. The van der Waals surface area contributed by atoms with Gasteiger partial charge in [-0.3, -0.25) is 4.90 Å². The highest BCUT2D eigenvalue weighted by atomic mass is 35.5. The minimum atomic E-state index is -0.145. The first-order valence-electron chi connectivity index (χ1n) is 7.01. The standard InChI is InChI=1S/C15H23FN2.2ClH/c1-2-3-4-15(18-11-9-17-10-12-18)13-5-7-14(16)8-6-13;;/h5-8,15,17H,2-4,9-12H2,1H3;2*1H/t15-;;/m1../s1. The molecule has 1 aliphatic rings. The molecule has 2 nitrogen and oxygen atoms in total. The summed E-state index contributed by atoms with van der Waals surface area (Å²) in [6, 6.07) is 7.50. The molecule has 0 spiro atoms. The first-order chi connectivity index (χ1) is 8.81. The van der Waals surface area contributed by atoms with Crippen molar-refractivity contribution in [3.05, 3.63) is 35.6 Å². The SMILES string of the molecule is CCCC[C@H](c1ccc(F)cc1)N1CCNCC1.Cl.Cl. The number of halogens is 3. The van der Waals surface area contributed by atoms with Crippen LogP contribution in [0.1, 0.15) is 37.8 Å². The molecular weight excluding hydrogens is 298 g/mol. The Morgan fingerprint density at radius 2 is 1.75 bits per heavy atom. The average molecular weight is 323 g/mol. The van der Waals surface area contributed by atoms with E-state index in [1.807, 2.05) is 12.1 Å². The van der Waals surface area contributed by atoms with Crippen molar-refractivity contribution in [3.8, 4) is 0 Å². The molecule has 0 radical (unpaired) electrons. The van der Waals surface area contributed by atoms with Crippen molar-refractivity contribution in [2.24, 2.45) is 0 Å². The minimum Gasteiger partial charge on any atom is -0.314 e. The van der Waals surface area contributed by atoms with Crippen molar-refractivity contribution >= 4 is 24.8 Å². The van der Waals surface area contributed by atoms with Gasteiger partial charge < -0.3 is 5.32 Å². The summed E-state index contributed by atoms with van der Waals surface area (Å²) < 4.78 is 13.0. The van der Waals surface area contributed by atoms with Crippen molar-refractivity contribution in [1.29, 1.82) is 0 Å². The van der Waals surface area contributed by atoms with E-state index in [0.717, 1.165) is 26.2 Å². The van der Waals surface area contributed by atoms with Gasteiger partial charge in [-0.2, -0.15) is 0 Å². The number of hydrogen-bond donors (Lipinski definition) is 1. The fourth-order valence-electron chi connectivity index (χ4n) is 2.64. The molecule has 1 atom stereocenters. The number of unbranched alkanes of at least 4 members (excludes halogenated alkanes) is 1. The maximum absolute atomic E-state index is 13.0. The van der Waals surface area contributed by atoms with Gasteiger partial charge in [0.25, 0.3) is 0 Å². The Balaban J connectivity index is 0.00000180. The molecule has 0 aliphatic carbocycles. The number of nitrogens with zero attached hydrogens (tertiary/aromatic N) is 1. The van der Waals surface area contributed by atoms with Gasteiger partial charge in [-0.15, -0.1) is 24.8 Å². The average Bonchev–Trinajstić information content (AvgIpc) is 2.42. The zero-order valence-electron chi connectivity index (χ0n) is 12.0. The van der Waals surface area contributed by atoms with Crippen LogP contribution in [0.5, 0.6) is 0 Å². The lowest BCUT2D eigenvalue weighted by Gasteiger charge is -2.35. The van der Waals surface area contributed by atoms with E-state index in [9.17, 15) is 4.39 Å². The van der Waals surface area contributed by atoms with Crippen LogP contribution >= 0.6 is 24.8 Å². The van der Waals surface area contributed by atoms with E-state index >= 15 is 0 Å². The Morgan fingerprint density at radius 3 is 2.30 bits per heavy atom. The predicted octanol–water partition coefficient (Wildman–Crippen LogP) is 3.81. The number of nitrogens with one attached hydrogen (secondary N) is 1. The topological polar surface area (TPSA) is 15.3 Å². The molecule has 0 saturated carbocycles. The van der Waals surface area contributed by atoms with E-state index in [1.54, 1.807) is 12.1 Å². The smallest absolute Gasteiger partial charge is 0.123 e. The van der Waals surface area contributed by atoms with E-state index in [-0.39, 0.29) is 30.6 Å². The van der Waals surface area contributed by atoms with Crippen molar-refractivity contribution in [3.63, 3.8) is 0 Å². The molecule has 116 valence electrons. The first kappa shape index (κ1) is 19.7. The van der Waals surface area contributed by atoms with Crippen LogP contribution in [-0.4, -0.2) is 31.1 Å². The third-order valence-electron chi connectivity index (χ3n) is 3.68. The summed E-state index contributed by atoms with van der Waals surface area (Å²) in [5.74, 6) is -0.145. The van der Waals surface area contributed by atoms with Crippen molar-refractivity contribution < 1.29 is 4.39 Å². The normalized spacial score (nSPS) is 16.9. The van der Waals surface area contributed by atoms with Gasteiger partial charge >= 0.3 is 0 Å². The summed E-state index contributed by atoms with van der Waals surface area (Å²) >= 11 is 0. The Labute approximate surface area is 133 Å². The second-order valence-electron chi connectivity index (χ2n) is 5.00. The van der Waals surface area contributed by atoms with Crippen LogP contribution < -0.4 is 5.32 Å². The molecule has 0 amide bonds. The van der Waals surface area contributed by atoms with Gasteiger partial charge in [0.05, 0.1) is 0 Å². The fourth-order valence-corrected chi connectivity index (χ4v) is 2.64. The van der Waals surface area contributed by atoms with Gasteiger partial charge in [0.15, 0.2) is 0 Å². The quantitative estimate of drug-likeness (QED) is 0.886. The molecule has 1 saturated heterocycles. The number of rotatable bonds is 5. The molecule has 1 fully saturated rings. The third-order valence-corrected chi connectivity index (χ3v) is 3.68. The van der Waals surface area contributed by atoms with Crippen molar-refractivity contribution in [2.45, 2.75) is 32.2 Å². The summed E-state index contributed by atoms with van der Waals surface area (Å²) in [5.41, 5.74) is 1.26. The van der Waals surface area contributed by atoms with Crippen LogP contribution in [0.2, 0.25) is 0 Å². The Bertz CT molecular complexity index is 353. The van der Waals surface area contributed by atoms with Gasteiger partial charge in [0.2, 0.25) is 0 Å². The molecular formula is C15H25Cl2FN2. The molecule has 1 aromatic rings. The van der Waals surface area contributed by atoms with Gasteiger partial charge in [-0.1, -0.05) is 31.9 Å². The van der Waals surface area contributed by atoms with Crippen LogP contribution in [-0.2, 0) is 0 Å². The van der Waals surface area contributed by atoms with Crippen molar-refractivity contribution in [1.82, 2.24) is 10.2 Å². The molecule has 0 bridgehead atoms. The fraction of sp³-hybridized carbons (Fsp3) is 0.600. The van der Waals surface area contributed by atoms with E-state index in [2.05, 4.69) is 17.1 Å². The van der Waals surface area contributed by atoms with Crippen LogP contribution in [0.25, 0.3) is 0 Å². The highest BCUT2D eigenvalue weighted by Crippen LogP contribution is 2.26.